The summed E-state index contributed by atoms with van der Waals surface area (Å²) in [6, 6.07) is 14.0. The summed E-state index contributed by atoms with van der Waals surface area (Å²) in [4.78, 5) is 1.29. The van der Waals surface area contributed by atoms with Crippen molar-refractivity contribution in [3.8, 4) is 0 Å². The average Bonchev–Trinajstić information content (AvgIpc) is 2.56. The second-order valence-electron chi connectivity index (χ2n) is 5.36. The standard InChI is InChI=1S/C17H17FS/c1-11(2)17-12-7-5-8-15(18)14(12)10-19-16-9-4-3-6-13(16)17/h3-9,11,17H,10H2,1-2H3/t17-/m0/s1. The van der Waals surface area contributed by atoms with Crippen LogP contribution in [-0.2, 0) is 5.75 Å². The van der Waals surface area contributed by atoms with Gasteiger partial charge in [0.15, 0.2) is 0 Å². The zero-order valence-electron chi connectivity index (χ0n) is 11.2. The molecule has 2 heteroatoms. The van der Waals surface area contributed by atoms with Gasteiger partial charge in [0.25, 0.3) is 0 Å². The first-order valence-electron chi connectivity index (χ1n) is 6.67. The van der Waals surface area contributed by atoms with Crippen LogP contribution in [0.25, 0.3) is 0 Å². The molecule has 1 aliphatic rings. The summed E-state index contributed by atoms with van der Waals surface area (Å²) >= 11 is 1.75. The monoisotopic (exact) mass is 272 g/mol. The van der Waals surface area contributed by atoms with Crippen molar-refractivity contribution in [2.75, 3.05) is 0 Å². The first-order valence-corrected chi connectivity index (χ1v) is 7.66. The van der Waals surface area contributed by atoms with Crippen LogP contribution in [0, 0.1) is 11.7 Å². The maximum Gasteiger partial charge on any atom is 0.127 e. The number of benzene rings is 2. The third-order valence-corrected chi connectivity index (χ3v) is 4.90. The summed E-state index contributed by atoms with van der Waals surface area (Å²) in [6.45, 7) is 4.43. The molecule has 0 aliphatic carbocycles. The van der Waals surface area contributed by atoms with Gasteiger partial charge in [0.05, 0.1) is 0 Å². The van der Waals surface area contributed by atoms with E-state index in [2.05, 4.69) is 44.2 Å². The molecule has 0 saturated carbocycles. The van der Waals surface area contributed by atoms with Crippen LogP contribution in [0.3, 0.4) is 0 Å². The molecule has 2 aromatic rings. The molecule has 0 bridgehead atoms. The quantitative estimate of drug-likeness (QED) is 0.686. The summed E-state index contributed by atoms with van der Waals surface area (Å²) in [6.07, 6.45) is 0. The van der Waals surface area contributed by atoms with Gasteiger partial charge in [-0.15, -0.1) is 11.8 Å². The van der Waals surface area contributed by atoms with Crippen molar-refractivity contribution in [2.24, 2.45) is 5.92 Å². The number of hydrogen-bond acceptors (Lipinski definition) is 1. The van der Waals surface area contributed by atoms with Crippen molar-refractivity contribution in [1.82, 2.24) is 0 Å². The van der Waals surface area contributed by atoms with Gasteiger partial charge in [-0.1, -0.05) is 44.2 Å². The molecule has 0 saturated heterocycles. The number of rotatable bonds is 1. The van der Waals surface area contributed by atoms with E-state index in [4.69, 9.17) is 0 Å². The topological polar surface area (TPSA) is 0 Å². The van der Waals surface area contributed by atoms with Gasteiger partial charge in [-0.25, -0.2) is 4.39 Å². The normalized spacial score (nSPS) is 17.8. The highest BCUT2D eigenvalue weighted by Crippen LogP contribution is 2.44. The number of fused-ring (bicyclic) bond motifs is 2. The lowest BCUT2D eigenvalue weighted by atomic mass is 9.81. The Balaban J connectivity index is 2.24. The molecule has 1 heterocycles. The Labute approximate surface area is 118 Å². The smallest absolute Gasteiger partial charge is 0.127 e. The van der Waals surface area contributed by atoms with Gasteiger partial charge in [0.1, 0.15) is 5.82 Å². The van der Waals surface area contributed by atoms with Crippen molar-refractivity contribution < 1.29 is 4.39 Å². The molecule has 0 nitrogen and oxygen atoms in total. The third kappa shape index (κ3) is 2.18. The lowest BCUT2D eigenvalue weighted by Gasteiger charge is -2.23. The minimum Gasteiger partial charge on any atom is -0.207 e. The molecule has 98 valence electrons. The summed E-state index contributed by atoms with van der Waals surface area (Å²) in [5.74, 6) is 1.41. The largest absolute Gasteiger partial charge is 0.207 e. The minimum absolute atomic E-state index is 0.0662. The first kappa shape index (κ1) is 12.7. The van der Waals surface area contributed by atoms with Crippen LogP contribution in [-0.4, -0.2) is 0 Å². The van der Waals surface area contributed by atoms with Crippen molar-refractivity contribution in [2.45, 2.75) is 30.4 Å². The second kappa shape index (κ2) is 5.01. The Morgan fingerprint density at radius 2 is 1.79 bits per heavy atom. The minimum atomic E-state index is -0.0662. The number of thioether (sulfide) groups is 1. The summed E-state index contributed by atoms with van der Waals surface area (Å²) in [5, 5.41) is 0. The Morgan fingerprint density at radius 3 is 2.58 bits per heavy atom. The van der Waals surface area contributed by atoms with Crippen LogP contribution >= 0.6 is 11.8 Å². The third-order valence-electron chi connectivity index (χ3n) is 3.78. The highest BCUT2D eigenvalue weighted by Gasteiger charge is 2.27. The summed E-state index contributed by atoms with van der Waals surface area (Å²) in [7, 11) is 0. The zero-order chi connectivity index (χ0) is 13.4. The van der Waals surface area contributed by atoms with E-state index in [-0.39, 0.29) is 11.7 Å². The molecule has 19 heavy (non-hydrogen) atoms. The molecular formula is C17H17FS. The van der Waals surface area contributed by atoms with E-state index in [1.54, 1.807) is 17.8 Å². The summed E-state index contributed by atoms with van der Waals surface area (Å²) < 4.78 is 14.1. The van der Waals surface area contributed by atoms with E-state index in [0.29, 0.717) is 5.92 Å². The van der Waals surface area contributed by atoms with Crippen molar-refractivity contribution in [3.05, 3.63) is 65.0 Å². The van der Waals surface area contributed by atoms with E-state index in [9.17, 15) is 4.39 Å². The fraction of sp³-hybridized carbons (Fsp3) is 0.294. The molecule has 0 unspecified atom stereocenters. The van der Waals surface area contributed by atoms with E-state index < -0.39 is 0 Å². The van der Waals surface area contributed by atoms with Crippen LogP contribution < -0.4 is 0 Å². The fourth-order valence-corrected chi connectivity index (χ4v) is 4.06. The van der Waals surface area contributed by atoms with E-state index >= 15 is 0 Å². The molecule has 0 N–H and O–H groups in total. The van der Waals surface area contributed by atoms with Crippen molar-refractivity contribution in [3.63, 3.8) is 0 Å². The number of hydrogen-bond donors (Lipinski definition) is 0. The first-order chi connectivity index (χ1) is 9.18. The van der Waals surface area contributed by atoms with E-state index in [1.165, 1.54) is 10.5 Å². The maximum absolute atomic E-state index is 14.1. The molecule has 0 aromatic heterocycles. The zero-order valence-corrected chi connectivity index (χ0v) is 12.0. The molecule has 3 rings (SSSR count). The Hall–Kier alpha value is -1.28. The highest BCUT2D eigenvalue weighted by molar-refractivity contribution is 7.98. The maximum atomic E-state index is 14.1. The van der Waals surface area contributed by atoms with Gasteiger partial charge >= 0.3 is 0 Å². The predicted octanol–water partition coefficient (Wildman–Crippen LogP) is 5.22. The van der Waals surface area contributed by atoms with Crippen molar-refractivity contribution in [1.29, 1.82) is 0 Å². The molecule has 0 fully saturated rings. The second-order valence-corrected chi connectivity index (χ2v) is 6.37. The van der Waals surface area contributed by atoms with Gasteiger partial charge in [-0.2, -0.15) is 0 Å². The van der Waals surface area contributed by atoms with Crippen LogP contribution in [0.5, 0.6) is 0 Å². The van der Waals surface area contributed by atoms with Crippen LogP contribution in [0.4, 0.5) is 4.39 Å². The molecule has 1 atom stereocenters. The van der Waals surface area contributed by atoms with Gasteiger partial charge in [0, 0.05) is 22.1 Å². The van der Waals surface area contributed by atoms with Crippen molar-refractivity contribution >= 4 is 11.8 Å². The van der Waals surface area contributed by atoms with Gasteiger partial charge in [0.2, 0.25) is 0 Å². The Bertz CT molecular complexity index is 604. The van der Waals surface area contributed by atoms with Gasteiger partial charge in [-0.05, 0) is 29.2 Å². The van der Waals surface area contributed by atoms with Crippen LogP contribution in [0.2, 0.25) is 0 Å². The molecule has 2 aromatic carbocycles. The molecule has 0 amide bonds. The molecular weight excluding hydrogens is 255 g/mol. The Kier molecular flexibility index (Phi) is 3.36. The van der Waals surface area contributed by atoms with Gasteiger partial charge in [-0.3, -0.25) is 0 Å². The van der Waals surface area contributed by atoms with Gasteiger partial charge < -0.3 is 0 Å². The van der Waals surface area contributed by atoms with Crippen LogP contribution in [0.15, 0.2) is 47.4 Å². The molecule has 0 spiro atoms. The average molecular weight is 272 g/mol. The van der Waals surface area contributed by atoms with Crippen LogP contribution in [0.1, 0.15) is 36.5 Å². The highest BCUT2D eigenvalue weighted by atomic mass is 32.2. The molecule has 0 radical (unpaired) electrons. The Morgan fingerprint density at radius 1 is 1.05 bits per heavy atom. The van der Waals surface area contributed by atoms with E-state index in [1.807, 2.05) is 6.07 Å². The SMILES string of the molecule is CC(C)[C@@H]1c2ccccc2SCc2c(F)cccc21. The lowest BCUT2D eigenvalue weighted by Crippen LogP contribution is -2.11. The number of halogens is 1. The summed E-state index contributed by atoms with van der Waals surface area (Å²) in [5.41, 5.74) is 3.38. The van der Waals surface area contributed by atoms with E-state index in [0.717, 1.165) is 16.9 Å². The molecule has 1 aliphatic heterocycles. The fourth-order valence-electron chi connectivity index (χ4n) is 2.92. The predicted molar refractivity (Wildman–Crippen MR) is 79.1 cm³/mol. The lowest BCUT2D eigenvalue weighted by molar-refractivity contribution is 0.547.